The molecule has 4 atom stereocenters. The van der Waals surface area contributed by atoms with Crippen molar-refractivity contribution in [3.05, 3.63) is 40.2 Å². The maximum absolute atomic E-state index is 11.8. The van der Waals surface area contributed by atoms with Crippen LogP contribution in [0.15, 0.2) is 34.1 Å². The molecule has 0 bridgehead atoms. The Kier molecular flexibility index (Phi) is 5.03. The summed E-state index contributed by atoms with van der Waals surface area (Å²) in [6.45, 7) is 7.35. The predicted octanol–water partition coefficient (Wildman–Crippen LogP) is 2.36. The largest absolute Gasteiger partial charge is 0.616 e. The molecule has 0 amide bonds. The zero-order valence-corrected chi connectivity index (χ0v) is 17.5. The summed E-state index contributed by atoms with van der Waals surface area (Å²) in [7, 11) is 0.686. The van der Waals surface area contributed by atoms with Gasteiger partial charge in [-0.2, -0.15) is 0 Å². The van der Waals surface area contributed by atoms with E-state index in [4.69, 9.17) is 9.73 Å². The van der Waals surface area contributed by atoms with Gasteiger partial charge in [-0.3, -0.25) is 14.8 Å². The normalized spacial score (nSPS) is 30.4. The fraction of sp³-hybridized carbons (Fsp3) is 0.550. The molecule has 0 N–H and O–H groups in total. The molecular formula is C20H26N3O2PS. The Balaban J connectivity index is 1.19. The van der Waals surface area contributed by atoms with Gasteiger partial charge in [-0.1, -0.05) is 12.1 Å². The van der Waals surface area contributed by atoms with Crippen molar-refractivity contribution in [2.24, 2.45) is 4.99 Å². The van der Waals surface area contributed by atoms with Crippen molar-refractivity contribution in [2.75, 3.05) is 44.3 Å². The summed E-state index contributed by atoms with van der Waals surface area (Å²) in [6.07, 6.45) is 3.04. The maximum Gasteiger partial charge on any atom is 0.132 e. The van der Waals surface area contributed by atoms with E-state index in [2.05, 4.69) is 34.9 Å². The zero-order valence-electron chi connectivity index (χ0n) is 15.7. The third-order valence-electron chi connectivity index (χ3n) is 6.13. The van der Waals surface area contributed by atoms with Gasteiger partial charge in [0.05, 0.1) is 6.61 Å². The molecule has 4 heterocycles. The van der Waals surface area contributed by atoms with Crippen LogP contribution in [0, 0.1) is 0 Å². The van der Waals surface area contributed by atoms with Crippen LogP contribution in [0.25, 0.3) is 0 Å². The minimum atomic E-state index is -0.691. The maximum atomic E-state index is 11.8. The van der Waals surface area contributed by atoms with Gasteiger partial charge in [0.25, 0.3) is 0 Å². The van der Waals surface area contributed by atoms with E-state index in [9.17, 15) is 4.55 Å². The molecule has 5 nitrogen and oxygen atoms in total. The van der Waals surface area contributed by atoms with E-state index >= 15 is 0 Å². The van der Waals surface area contributed by atoms with Crippen molar-refractivity contribution >= 4 is 26.0 Å². The van der Waals surface area contributed by atoms with E-state index in [-0.39, 0.29) is 5.91 Å². The number of fused-ring (bicyclic) bond motifs is 1. The lowest BCUT2D eigenvalue weighted by Gasteiger charge is -2.41. The highest BCUT2D eigenvalue weighted by molar-refractivity contribution is 7.92. The Morgan fingerprint density at radius 3 is 2.96 bits per heavy atom. The lowest BCUT2D eigenvalue weighted by atomic mass is 10.0. The lowest BCUT2D eigenvalue weighted by Crippen LogP contribution is -2.49. The molecule has 5 rings (SSSR count). The number of piperazine rings is 1. The summed E-state index contributed by atoms with van der Waals surface area (Å²) in [5, 5.41) is 1.40. The summed E-state index contributed by atoms with van der Waals surface area (Å²) in [5.41, 5.74) is 3.94. The van der Waals surface area contributed by atoms with E-state index in [0.29, 0.717) is 20.4 Å². The van der Waals surface area contributed by atoms with Gasteiger partial charge in [-0.05, 0) is 43.9 Å². The quantitative estimate of drug-likeness (QED) is 0.574. The number of hydrogen-bond donors (Lipinski definition) is 0. The van der Waals surface area contributed by atoms with E-state index in [1.807, 2.05) is 6.21 Å². The SMILES string of the molecule is CC(c1ccc2c(c1)OCC2)N1CCN(C2N=CC3=C(C[S+]([O-])C3)P2)CC1. The average molecular weight is 403 g/mol. The smallest absolute Gasteiger partial charge is 0.132 e. The van der Waals surface area contributed by atoms with Crippen LogP contribution in [-0.2, 0) is 17.6 Å². The lowest BCUT2D eigenvalue weighted by molar-refractivity contribution is 0.0965. The first-order valence-electron chi connectivity index (χ1n) is 9.78. The molecule has 0 radical (unpaired) electrons. The van der Waals surface area contributed by atoms with Crippen LogP contribution < -0.4 is 4.74 Å². The number of benzene rings is 1. The molecule has 27 heavy (non-hydrogen) atoms. The summed E-state index contributed by atoms with van der Waals surface area (Å²) < 4.78 is 17.5. The highest BCUT2D eigenvalue weighted by Crippen LogP contribution is 2.42. The number of rotatable bonds is 3. The second-order valence-corrected chi connectivity index (χ2v) is 10.6. The molecule has 0 aliphatic carbocycles. The van der Waals surface area contributed by atoms with Gasteiger partial charge < -0.3 is 9.29 Å². The van der Waals surface area contributed by atoms with Crippen LogP contribution in [0.5, 0.6) is 5.75 Å². The Bertz CT molecular complexity index is 791. The molecule has 1 aromatic carbocycles. The van der Waals surface area contributed by atoms with Crippen LogP contribution in [0.2, 0.25) is 0 Å². The van der Waals surface area contributed by atoms with Crippen molar-refractivity contribution in [1.82, 2.24) is 9.80 Å². The third kappa shape index (κ3) is 3.58. The molecule has 1 aromatic rings. The Morgan fingerprint density at radius 1 is 1.26 bits per heavy atom. The van der Waals surface area contributed by atoms with Crippen LogP contribution >= 0.6 is 8.58 Å². The molecule has 0 aromatic heterocycles. The third-order valence-corrected chi connectivity index (χ3v) is 9.25. The van der Waals surface area contributed by atoms with Gasteiger partial charge in [-0.15, -0.1) is 0 Å². The first kappa shape index (κ1) is 18.1. The molecule has 4 unspecified atom stereocenters. The molecular weight excluding hydrogens is 377 g/mol. The minimum absolute atomic E-state index is 0.268. The van der Waals surface area contributed by atoms with Crippen molar-refractivity contribution in [1.29, 1.82) is 0 Å². The van der Waals surface area contributed by atoms with E-state index in [1.165, 1.54) is 22.0 Å². The molecule has 7 heteroatoms. The summed E-state index contributed by atoms with van der Waals surface area (Å²) in [5.74, 6) is 2.83. The Morgan fingerprint density at radius 2 is 2.11 bits per heavy atom. The first-order valence-corrected chi connectivity index (χ1v) is 12.3. The van der Waals surface area contributed by atoms with Crippen molar-refractivity contribution in [2.45, 2.75) is 25.3 Å². The molecule has 0 spiro atoms. The van der Waals surface area contributed by atoms with E-state index < -0.39 is 11.2 Å². The minimum Gasteiger partial charge on any atom is -0.616 e. The van der Waals surface area contributed by atoms with Gasteiger partial charge in [-0.25, -0.2) is 0 Å². The summed E-state index contributed by atoms with van der Waals surface area (Å²) in [4.78, 5) is 9.86. The van der Waals surface area contributed by atoms with Crippen molar-refractivity contribution in [3.8, 4) is 5.75 Å². The second kappa shape index (κ2) is 7.49. The predicted molar refractivity (Wildman–Crippen MR) is 113 cm³/mol. The van der Waals surface area contributed by atoms with Crippen LogP contribution in [0.1, 0.15) is 24.1 Å². The second-order valence-electron chi connectivity index (χ2n) is 7.74. The van der Waals surface area contributed by atoms with Gasteiger partial charge in [0.1, 0.15) is 23.2 Å². The number of hydrogen-bond acceptors (Lipinski definition) is 5. The monoisotopic (exact) mass is 403 g/mol. The van der Waals surface area contributed by atoms with Crippen LogP contribution in [0.4, 0.5) is 0 Å². The topological polar surface area (TPSA) is 51.1 Å². The highest BCUT2D eigenvalue weighted by atomic mass is 32.2. The molecule has 4 aliphatic rings. The van der Waals surface area contributed by atoms with Gasteiger partial charge >= 0.3 is 0 Å². The molecule has 4 aliphatic heterocycles. The van der Waals surface area contributed by atoms with Crippen LogP contribution in [-0.4, -0.2) is 70.8 Å². The molecule has 0 saturated carbocycles. The number of ether oxygens (including phenoxy) is 1. The van der Waals surface area contributed by atoms with Gasteiger partial charge in [0.2, 0.25) is 0 Å². The average Bonchev–Trinajstić information content (AvgIpc) is 3.31. The Hall–Kier alpha value is -0.910. The number of aliphatic imine (C=N–C) groups is 1. The van der Waals surface area contributed by atoms with Gasteiger partial charge in [0.15, 0.2) is 0 Å². The van der Waals surface area contributed by atoms with Crippen molar-refractivity contribution < 1.29 is 9.29 Å². The number of nitrogens with zero attached hydrogens (tertiary/aromatic N) is 3. The van der Waals surface area contributed by atoms with E-state index in [0.717, 1.165) is 50.7 Å². The fourth-order valence-corrected chi connectivity index (χ4v) is 7.77. The first-order chi connectivity index (χ1) is 13.2. The van der Waals surface area contributed by atoms with Gasteiger partial charge in [0, 0.05) is 55.7 Å². The zero-order chi connectivity index (χ0) is 18.4. The van der Waals surface area contributed by atoms with E-state index in [1.54, 1.807) is 0 Å². The summed E-state index contributed by atoms with van der Waals surface area (Å²) >= 11 is -0.691. The Labute approximate surface area is 165 Å². The molecule has 1 fully saturated rings. The fourth-order valence-electron chi connectivity index (χ4n) is 4.38. The van der Waals surface area contributed by atoms with Crippen molar-refractivity contribution in [3.63, 3.8) is 0 Å². The van der Waals surface area contributed by atoms with Crippen LogP contribution in [0.3, 0.4) is 0 Å². The highest BCUT2D eigenvalue weighted by Gasteiger charge is 2.33. The molecule has 1 saturated heterocycles. The summed E-state index contributed by atoms with van der Waals surface area (Å²) in [6, 6.07) is 7.15. The standard InChI is InChI=1S/C20H26N3O2PS/c1-14(16-3-2-15-4-9-25-18(15)10-16)22-5-7-23(8-6-22)20-21-11-17-12-27(24)13-19(17)26-20/h2-3,10-11,14,20,26H,4-9,12-13H2,1H3. The molecule has 144 valence electrons.